The molecule has 7 heteroatoms. The van der Waals surface area contributed by atoms with E-state index in [0.29, 0.717) is 5.56 Å². The highest BCUT2D eigenvalue weighted by Crippen LogP contribution is 2.29. The summed E-state index contributed by atoms with van der Waals surface area (Å²) in [6.07, 6.45) is -4.44. The molecule has 2 rings (SSSR count). The topological polar surface area (TPSA) is 55.4 Å². The Labute approximate surface area is 142 Å². The number of hydrogen-bond donors (Lipinski definition) is 1. The lowest BCUT2D eigenvalue weighted by Gasteiger charge is -2.09. The number of alkyl halides is 3. The molecule has 25 heavy (non-hydrogen) atoms. The van der Waals surface area contributed by atoms with Gasteiger partial charge in [-0.15, -0.1) is 0 Å². The molecule has 0 fully saturated rings. The zero-order chi connectivity index (χ0) is 18.6. The van der Waals surface area contributed by atoms with E-state index in [0.717, 1.165) is 35.4 Å². The van der Waals surface area contributed by atoms with Crippen LogP contribution in [0.3, 0.4) is 0 Å². The Morgan fingerprint density at radius 1 is 1.00 bits per heavy atom. The number of ether oxygens (including phenoxy) is 1. The summed E-state index contributed by atoms with van der Waals surface area (Å²) < 4.78 is 42.3. The van der Waals surface area contributed by atoms with Gasteiger partial charge < -0.3 is 10.1 Å². The first-order valence-electron chi connectivity index (χ1n) is 7.37. The first-order valence-corrected chi connectivity index (χ1v) is 7.37. The molecule has 0 radical (unpaired) electrons. The van der Waals surface area contributed by atoms with E-state index in [9.17, 15) is 22.8 Å². The van der Waals surface area contributed by atoms with Crippen LogP contribution in [-0.4, -0.2) is 18.5 Å². The van der Waals surface area contributed by atoms with Crippen LogP contribution in [0.1, 0.15) is 27.0 Å². The third-order valence-electron chi connectivity index (χ3n) is 3.29. The monoisotopic (exact) mass is 351 g/mol. The average Bonchev–Trinajstić information content (AvgIpc) is 2.51. The first kappa shape index (κ1) is 18.5. The molecule has 0 bridgehead atoms. The van der Waals surface area contributed by atoms with Gasteiger partial charge in [-0.2, -0.15) is 13.2 Å². The minimum atomic E-state index is -4.44. The minimum Gasteiger partial charge on any atom is -0.452 e. The fourth-order valence-electron chi connectivity index (χ4n) is 2.25. The van der Waals surface area contributed by atoms with Crippen LogP contribution in [0.15, 0.2) is 42.5 Å². The molecule has 0 spiro atoms. The fourth-order valence-corrected chi connectivity index (χ4v) is 2.25. The number of aryl methyl sites for hydroxylation is 2. The van der Waals surface area contributed by atoms with Gasteiger partial charge in [0.25, 0.3) is 5.91 Å². The van der Waals surface area contributed by atoms with Crippen LogP contribution in [0.2, 0.25) is 0 Å². The quantitative estimate of drug-likeness (QED) is 0.843. The number of carbonyl (C=O) groups excluding carboxylic acids is 2. The Morgan fingerprint density at radius 2 is 1.56 bits per heavy atom. The molecule has 2 aromatic carbocycles. The molecule has 132 valence electrons. The van der Waals surface area contributed by atoms with Gasteiger partial charge in [0.2, 0.25) is 0 Å². The van der Waals surface area contributed by atoms with Crippen molar-refractivity contribution in [2.75, 3.05) is 11.9 Å². The van der Waals surface area contributed by atoms with Gasteiger partial charge in [0, 0.05) is 5.69 Å². The number of benzene rings is 2. The molecular formula is C18H16F3NO3. The SMILES string of the molecule is Cc1cc(C)cc(C(=O)OCC(=O)Nc2ccc(C(F)(F)F)cc2)c1. The molecular weight excluding hydrogens is 335 g/mol. The summed E-state index contributed by atoms with van der Waals surface area (Å²) >= 11 is 0. The molecule has 4 nitrogen and oxygen atoms in total. The summed E-state index contributed by atoms with van der Waals surface area (Å²) in [5.74, 6) is -1.29. The smallest absolute Gasteiger partial charge is 0.416 e. The van der Waals surface area contributed by atoms with Gasteiger partial charge in [-0.3, -0.25) is 4.79 Å². The van der Waals surface area contributed by atoms with Crippen LogP contribution in [0.25, 0.3) is 0 Å². The second-order valence-corrected chi connectivity index (χ2v) is 5.58. The van der Waals surface area contributed by atoms with Gasteiger partial charge in [0.1, 0.15) is 0 Å². The van der Waals surface area contributed by atoms with Crippen LogP contribution in [-0.2, 0) is 15.7 Å². The highest BCUT2D eigenvalue weighted by atomic mass is 19.4. The van der Waals surface area contributed by atoms with Crippen molar-refractivity contribution < 1.29 is 27.5 Å². The standard InChI is InChI=1S/C18H16F3NO3/c1-11-7-12(2)9-13(8-11)17(24)25-10-16(23)22-15-5-3-14(4-6-15)18(19,20)21/h3-9H,10H2,1-2H3,(H,22,23). The zero-order valence-corrected chi connectivity index (χ0v) is 13.6. The molecule has 0 saturated heterocycles. The molecule has 0 aliphatic carbocycles. The Hall–Kier alpha value is -2.83. The van der Waals surface area contributed by atoms with Gasteiger partial charge in [-0.25, -0.2) is 4.79 Å². The summed E-state index contributed by atoms with van der Waals surface area (Å²) in [5, 5.41) is 2.37. The number of halogens is 3. The largest absolute Gasteiger partial charge is 0.452 e. The van der Waals surface area contributed by atoms with E-state index in [-0.39, 0.29) is 5.69 Å². The summed E-state index contributed by atoms with van der Waals surface area (Å²) in [4.78, 5) is 23.7. The van der Waals surface area contributed by atoms with Crippen molar-refractivity contribution >= 4 is 17.6 Å². The van der Waals surface area contributed by atoms with Gasteiger partial charge in [0.15, 0.2) is 6.61 Å². The van der Waals surface area contributed by atoms with Gasteiger partial charge in [-0.05, 0) is 50.2 Å². The lowest BCUT2D eigenvalue weighted by Crippen LogP contribution is -2.21. The molecule has 2 aromatic rings. The van der Waals surface area contributed by atoms with Crippen LogP contribution in [0.5, 0.6) is 0 Å². The third-order valence-corrected chi connectivity index (χ3v) is 3.29. The van der Waals surface area contributed by atoms with Crippen LogP contribution >= 0.6 is 0 Å². The van der Waals surface area contributed by atoms with Crippen molar-refractivity contribution in [3.05, 3.63) is 64.7 Å². The average molecular weight is 351 g/mol. The highest BCUT2D eigenvalue weighted by molar-refractivity contribution is 5.95. The number of rotatable bonds is 4. The van der Waals surface area contributed by atoms with Gasteiger partial charge in [-0.1, -0.05) is 17.2 Å². The Bertz CT molecular complexity index is 763. The maximum Gasteiger partial charge on any atom is 0.416 e. The zero-order valence-electron chi connectivity index (χ0n) is 13.6. The van der Waals surface area contributed by atoms with Crippen molar-refractivity contribution in [2.45, 2.75) is 20.0 Å². The Kier molecular flexibility index (Phi) is 5.46. The third kappa shape index (κ3) is 5.34. The molecule has 0 unspecified atom stereocenters. The maximum absolute atomic E-state index is 12.5. The van der Waals surface area contributed by atoms with Gasteiger partial charge >= 0.3 is 12.1 Å². The van der Waals surface area contributed by atoms with E-state index in [2.05, 4.69) is 5.32 Å². The molecule has 0 saturated carbocycles. The number of carbonyl (C=O) groups is 2. The van der Waals surface area contributed by atoms with E-state index in [4.69, 9.17) is 4.74 Å². The van der Waals surface area contributed by atoms with Gasteiger partial charge in [0.05, 0.1) is 11.1 Å². The van der Waals surface area contributed by atoms with Crippen LogP contribution in [0.4, 0.5) is 18.9 Å². The lowest BCUT2D eigenvalue weighted by molar-refractivity contribution is -0.137. The first-order chi connectivity index (χ1) is 11.6. The number of amides is 1. The van der Waals surface area contributed by atoms with Crippen molar-refractivity contribution in [3.63, 3.8) is 0 Å². The van der Waals surface area contributed by atoms with E-state index < -0.39 is 30.2 Å². The Morgan fingerprint density at radius 3 is 2.08 bits per heavy atom. The molecule has 0 heterocycles. The minimum absolute atomic E-state index is 0.181. The van der Waals surface area contributed by atoms with Crippen molar-refractivity contribution in [1.82, 2.24) is 0 Å². The van der Waals surface area contributed by atoms with E-state index in [1.54, 1.807) is 12.1 Å². The van der Waals surface area contributed by atoms with Crippen LogP contribution in [0, 0.1) is 13.8 Å². The van der Waals surface area contributed by atoms with Crippen molar-refractivity contribution in [2.24, 2.45) is 0 Å². The summed E-state index contributed by atoms with van der Waals surface area (Å²) in [5.41, 5.74) is 1.48. The van der Waals surface area contributed by atoms with E-state index in [1.807, 2.05) is 19.9 Å². The van der Waals surface area contributed by atoms with E-state index in [1.165, 1.54) is 0 Å². The molecule has 0 atom stereocenters. The highest BCUT2D eigenvalue weighted by Gasteiger charge is 2.30. The van der Waals surface area contributed by atoms with Crippen molar-refractivity contribution in [3.8, 4) is 0 Å². The predicted octanol–water partition coefficient (Wildman–Crippen LogP) is 4.12. The van der Waals surface area contributed by atoms with Crippen molar-refractivity contribution in [1.29, 1.82) is 0 Å². The Balaban J connectivity index is 1.91. The van der Waals surface area contributed by atoms with Crippen LogP contribution < -0.4 is 5.32 Å². The van der Waals surface area contributed by atoms with E-state index >= 15 is 0 Å². The summed E-state index contributed by atoms with van der Waals surface area (Å²) in [6, 6.07) is 9.16. The molecule has 1 N–H and O–H groups in total. The second-order valence-electron chi connectivity index (χ2n) is 5.58. The number of anilines is 1. The summed E-state index contributed by atoms with van der Waals surface area (Å²) in [6.45, 7) is 3.13. The molecule has 1 amide bonds. The number of esters is 1. The number of hydrogen-bond acceptors (Lipinski definition) is 3. The second kappa shape index (κ2) is 7.38. The fraction of sp³-hybridized carbons (Fsp3) is 0.222. The molecule has 0 aliphatic heterocycles. The number of nitrogens with one attached hydrogen (secondary N) is 1. The molecule has 0 aliphatic rings. The lowest BCUT2D eigenvalue weighted by atomic mass is 10.1. The summed E-state index contributed by atoms with van der Waals surface area (Å²) in [7, 11) is 0. The molecule has 0 aromatic heterocycles. The normalized spacial score (nSPS) is 11.1. The maximum atomic E-state index is 12.5. The predicted molar refractivity (Wildman–Crippen MR) is 86.3 cm³/mol.